The molecule has 2 aromatic carbocycles. The van der Waals surface area contributed by atoms with E-state index in [9.17, 15) is 4.79 Å². The van der Waals surface area contributed by atoms with Gasteiger partial charge in [0.25, 0.3) is 0 Å². The summed E-state index contributed by atoms with van der Waals surface area (Å²) >= 11 is 6.75. The van der Waals surface area contributed by atoms with Crippen molar-refractivity contribution in [3.63, 3.8) is 0 Å². The van der Waals surface area contributed by atoms with E-state index in [2.05, 4.69) is 43.2 Å². The monoisotopic (exact) mass is 399 g/mol. The first kappa shape index (κ1) is 19.6. The number of carbonyl (C=O) groups excluding carboxylic acids is 1. The highest BCUT2D eigenvalue weighted by atomic mass is 32.1. The second-order valence-electron chi connectivity index (χ2n) is 7.08. The van der Waals surface area contributed by atoms with E-state index < -0.39 is 0 Å². The fourth-order valence-corrected chi connectivity index (χ4v) is 4.16. The van der Waals surface area contributed by atoms with Crippen LogP contribution in [0.15, 0.2) is 42.5 Å². The second-order valence-corrected chi connectivity index (χ2v) is 8.80. The molecule has 0 aliphatic carbocycles. The van der Waals surface area contributed by atoms with E-state index in [0.717, 1.165) is 38.4 Å². The summed E-state index contributed by atoms with van der Waals surface area (Å²) in [7, 11) is 0. The molecule has 0 atom stereocenters. The number of rotatable bonds is 6. The summed E-state index contributed by atoms with van der Waals surface area (Å²) in [5.41, 5.74) is 3.98. The van der Waals surface area contributed by atoms with Gasteiger partial charge in [-0.25, -0.2) is 4.79 Å². The molecule has 0 aliphatic heterocycles. The van der Waals surface area contributed by atoms with Crippen LogP contribution in [0.1, 0.15) is 32.8 Å². The van der Waals surface area contributed by atoms with Gasteiger partial charge in [-0.1, -0.05) is 39.3 Å². The van der Waals surface area contributed by atoms with Crippen LogP contribution in [0.25, 0.3) is 10.2 Å². The lowest BCUT2D eigenvalue weighted by molar-refractivity contribution is 0.256. The van der Waals surface area contributed by atoms with Gasteiger partial charge in [-0.2, -0.15) is 0 Å². The number of fused-ring (bicyclic) bond motifs is 1. The van der Waals surface area contributed by atoms with Crippen molar-refractivity contribution in [1.29, 1.82) is 0 Å². The van der Waals surface area contributed by atoms with Crippen LogP contribution in [0, 0.1) is 9.87 Å². The predicted octanol–water partition coefficient (Wildman–Crippen LogP) is 6.61. The Morgan fingerprint density at radius 1 is 1.22 bits per heavy atom. The average Bonchev–Trinajstić information content (AvgIpc) is 3.00. The van der Waals surface area contributed by atoms with Gasteiger partial charge in [0.2, 0.25) is 0 Å². The minimum atomic E-state index is -0.120. The third-order valence-electron chi connectivity index (χ3n) is 4.25. The first-order chi connectivity index (χ1) is 13.0. The first-order valence-corrected chi connectivity index (χ1v) is 10.5. The molecule has 3 aromatic rings. The Labute approximate surface area is 169 Å². The molecule has 0 spiro atoms. The zero-order valence-corrected chi connectivity index (χ0v) is 17.5. The zero-order valence-electron chi connectivity index (χ0n) is 15.9. The Morgan fingerprint density at radius 2 is 1.96 bits per heavy atom. The maximum Gasteiger partial charge on any atom is 0.326 e. The molecule has 0 fully saturated rings. The molecule has 6 heteroatoms. The molecule has 2 N–H and O–H groups in total. The van der Waals surface area contributed by atoms with Crippen LogP contribution in [0.5, 0.6) is 0 Å². The molecule has 0 aliphatic rings. The molecule has 0 unspecified atom stereocenters. The van der Waals surface area contributed by atoms with E-state index in [1.807, 2.05) is 30.3 Å². The summed E-state index contributed by atoms with van der Waals surface area (Å²) in [5.74, 6) is 0.350. The van der Waals surface area contributed by atoms with Gasteiger partial charge in [-0.15, -0.1) is 11.3 Å². The van der Waals surface area contributed by atoms with Crippen LogP contribution in [0.2, 0.25) is 0 Å². The van der Waals surface area contributed by atoms with Crippen molar-refractivity contribution < 1.29 is 4.79 Å². The molecule has 27 heavy (non-hydrogen) atoms. The molecule has 1 heterocycles. The summed E-state index contributed by atoms with van der Waals surface area (Å²) < 4.78 is 1.80. The van der Waals surface area contributed by atoms with E-state index in [0.29, 0.717) is 12.5 Å². The molecule has 3 rings (SSSR count). The van der Waals surface area contributed by atoms with Crippen LogP contribution in [0.3, 0.4) is 0 Å². The van der Waals surface area contributed by atoms with Crippen molar-refractivity contribution in [1.82, 2.24) is 4.98 Å². The van der Waals surface area contributed by atoms with Crippen molar-refractivity contribution in [2.45, 2.75) is 33.6 Å². The fourth-order valence-electron chi connectivity index (χ4n) is 3.01. The van der Waals surface area contributed by atoms with Gasteiger partial charge in [0.1, 0.15) is 0 Å². The number of amides is 2. The normalized spacial score (nSPS) is 11.1. The van der Waals surface area contributed by atoms with Gasteiger partial charge in [0, 0.05) is 17.9 Å². The number of H-pyrrole nitrogens is 1. The molecule has 1 aromatic heterocycles. The summed E-state index contributed by atoms with van der Waals surface area (Å²) in [6.45, 7) is 7.02. The summed E-state index contributed by atoms with van der Waals surface area (Å²) in [6.07, 6.45) is 2.17. The minimum absolute atomic E-state index is 0.120. The number of aryl methyl sites for hydroxylation is 1. The molecular formula is C21H25N3OS2. The number of hydrogen-bond donors (Lipinski definition) is 2. The molecule has 142 valence electrons. The van der Waals surface area contributed by atoms with Gasteiger partial charge in [-0.3, -0.25) is 4.90 Å². The maximum atomic E-state index is 13.0. The van der Waals surface area contributed by atoms with Crippen molar-refractivity contribution in [3.05, 3.63) is 52.0 Å². The molecule has 2 amide bonds. The maximum absolute atomic E-state index is 13.0. The van der Waals surface area contributed by atoms with E-state index in [-0.39, 0.29) is 6.03 Å². The number of aromatic amines is 1. The quantitative estimate of drug-likeness (QED) is 0.458. The van der Waals surface area contributed by atoms with Gasteiger partial charge in [0.05, 0.1) is 10.2 Å². The zero-order chi connectivity index (χ0) is 19.4. The summed E-state index contributed by atoms with van der Waals surface area (Å²) in [4.78, 5) is 18.0. The Bertz CT molecular complexity index is 973. The van der Waals surface area contributed by atoms with Crippen LogP contribution < -0.4 is 10.2 Å². The van der Waals surface area contributed by atoms with Gasteiger partial charge in [-0.05, 0) is 60.5 Å². The number of nitrogens with zero attached hydrogens (tertiary/aromatic N) is 1. The molecule has 0 saturated carbocycles. The third kappa shape index (κ3) is 4.96. The molecule has 0 radical (unpaired) electrons. The number of aromatic nitrogens is 1. The third-order valence-corrected chi connectivity index (χ3v) is 5.45. The topological polar surface area (TPSA) is 48.1 Å². The number of carbonyl (C=O) groups is 1. The van der Waals surface area contributed by atoms with Gasteiger partial charge < -0.3 is 10.3 Å². The van der Waals surface area contributed by atoms with Crippen molar-refractivity contribution >= 4 is 51.2 Å². The highest BCUT2D eigenvalue weighted by Gasteiger charge is 2.18. The lowest BCUT2D eigenvalue weighted by Gasteiger charge is -2.25. The van der Waals surface area contributed by atoms with E-state index in [4.69, 9.17) is 12.2 Å². The summed E-state index contributed by atoms with van der Waals surface area (Å²) in [5, 5.41) is 3.03. The highest BCUT2D eigenvalue weighted by Crippen LogP contribution is 2.26. The first-order valence-electron chi connectivity index (χ1n) is 9.26. The minimum Gasteiger partial charge on any atom is -0.337 e. The van der Waals surface area contributed by atoms with Crippen molar-refractivity contribution in [3.8, 4) is 0 Å². The standard InChI is InChI=1S/C21H25N3OS2/c1-4-5-15-6-8-16(9-7-15)22-20(25)24(13-14(2)3)17-10-11-18-19(12-17)27-21(26)23-18/h6-12,14H,4-5,13H2,1-3H3,(H,22,25)(H,23,26). The average molecular weight is 400 g/mol. The summed E-state index contributed by atoms with van der Waals surface area (Å²) in [6, 6.07) is 13.9. The van der Waals surface area contributed by atoms with Gasteiger partial charge in [0.15, 0.2) is 3.95 Å². The lowest BCUT2D eigenvalue weighted by atomic mass is 10.1. The Morgan fingerprint density at radius 3 is 2.63 bits per heavy atom. The van der Waals surface area contributed by atoms with Crippen LogP contribution >= 0.6 is 23.6 Å². The van der Waals surface area contributed by atoms with E-state index in [1.54, 1.807) is 4.90 Å². The molecular weight excluding hydrogens is 374 g/mol. The Hall–Kier alpha value is -2.18. The van der Waals surface area contributed by atoms with E-state index in [1.165, 1.54) is 16.9 Å². The number of hydrogen-bond acceptors (Lipinski definition) is 3. The highest BCUT2D eigenvalue weighted by molar-refractivity contribution is 7.73. The van der Waals surface area contributed by atoms with Crippen molar-refractivity contribution in [2.75, 3.05) is 16.8 Å². The van der Waals surface area contributed by atoms with E-state index >= 15 is 0 Å². The van der Waals surface area contributed by atoms with Crippen LogP contribution in [-0.2, 0) is 6.42 Å². The van der Waals surface area contributed by atoms with Gasteiger partial charge >= 0.3 is 6.03 Å². The number of benzene rings is 2. The predicted molar refractivity (Wildman–Crippen MR) is 119 cm³/mol. The number of nitrogens with one attached hydrogen (secondary N) is 2. The number of thiazole rings is 1. The van der Waals surface area contributed by atoms with Crippen LogP contribution in [-0.4, -0.2) is 17.6 Å². The smallest absolute Gasteiger partial charge is 0.326 e. The fraction of sp³-hybridized carbons (Fsp3) is 0.333. The number of urea groups is 1. The Balaban J connectivity index is 1.83. The molecule has 4 nitrogen and oxygen atoms in total. The number of anilines is 2. The van der Waals surface area contributed by atoms with Crippen molar-refractivity contribution in [2.24, 2.45) is 5.92 Å². The largest absolute Gasteiger partial charge is 0.337 e. The molecule has 0 saturated heterocycles. The van der Waals surface area contributed by atoms with Crippen LogP contribution in [0.4, 0.5) is 16.2 Å². The second kappa shape index (κ2) is 8.67. The SMILES string of the molecule is CCCc1ccc(NC(=O)N(CC(C)C)c2ccc3[nH]c(=S)sc3c2)cc1. The Kier molecular flexibility index (Phi) is 6.29. The molecule has 0 bridgehead atoms. The lowest BCUT2D eigenvalue weighted by Crippen LogP contribution is -2.37.